The number of ether oxygens (including phenoxy) is 1. The van der Waals surface area contributed by atoms with Gasteiger partial charge >= 0.3 is 0 Å². The monoisotopic (exact) mass is 152 g/mol. The van der Waals surface area contributed by atoms with Gasteiger partial charge in [0, 0.05) is 6.42 Å². The van der Waals surface area contributed by atoms with Gasteiger partial charge < -0.3 is 4.74 Å². The van der Waals surface area contributed by atoms with Crippen molar-refractivity contribution in [3.63, 3.8) is 0 Å². The molecule has 0 unspecified atom stereocenters. The second kappa shape index (κ2) is 2.62. The van der Waals surface area contributed by atoms with Crippen molar-refractivity contribution in [2.45, 2.75) is 12.5 Å². The molecule has 0 aliphatic carbocycles. The van der Waals surface area contributed by atoms with Gasteiger partial charge in [-0.1, -0.05) is 12.1 Å². The molecule has 1 atom stereocenters. The molecule has 1 nitrogen and oxygen atoms in total. The van der Waals surface area contributed by atoms with Crippen LogP contribution in [0.4, 0.5) is 4.39 Å². The zero-order valence-corrected chi connectivity index (χ0v) is 6.09. The van der Waals surface area contributed by atoms with Gasteiger partial charge in [-0.2, -0.15) is 0 Å². The van der Waals surface area contributed by atoms with Crippen LogP contribution in [0.1, 0.15) is 18.1 Å². The quantitative estimate of drug-likeness (QED) is 0.599. The predicted octanol–water partition coefficient (Wildman–Crippen LogP) is 2.29. The van der Waals surface area contributed by atoms with E-state index in [1.165, 1.54) is 12.1 Å². The summed E-state index contributed by atoms with van der Waals surface area (Å²) in [5.41, 5.74) is 1.08. The molecular weight excluding hydrogens is 143 g/mol. The summed E-state index contributed by atoms with van der Waals surface area (Å²) in [6.07, 6.45) is 1.28. The van der Waals surface area contributed by atoms with Gasteiger partial charge in [0.2, 0.25) is 0 Å². The average Bonchev–Trinajstić information content (AvgIpc) is 1.90. The molecule has 58 valence electrons. The average molecular weight is 152 g/mol. The summed E-state index contributed by atoms with van der Waals surface area (Å²) in [5.74, 6) is -0.187. The SMILES string of the molecule is Fc1ccc([C@@H]2CCO2)cc1. The van der Waals surface area contributed by atoms with E-state index in [1.54, 1.807) is 12.1 Å². The van der Waals surface area contributed by atoms with Crippen molar-refractivity contribution in [2.24, 2.45) is 0 Å². The van der Waals surface area contributed by atoms with Gasteiger partial charge in [-0.05, 0) is 17.7 Å². The third-order valence-corrected chi connectivity index (χ3v) is 1.94. The van der Waals surface area contributed by atoms with E-state index in [2.05, 4.69) is 0 Å². The topological polar surface area (TPSA) is 9.23 Å². The van der Waals surface area contributed by atoms with Crippen molar-refractivity contribution in [2.75, 3.05) is 6.61 Å². The molecule has 0 radical (unpaired) electrons. The summed E-state index contributed by atoms with van der Waals surface area (Å²) in [6.45, 7) is 0.835. The second-order valence-electron chi connectivity index (χ2n) is 2.70. The molecule has 0 N–H and O–H groups in total. The predicted molar refractivity (Wildman–Crippen MR) is 39.7 cm³/mol. The lowest BCUT2D eigenvalue weighted by molar-refractivity contribution is -0.0527. The van der Waals surface area contributed by atoms with E-state index >= 15 is 0 Å². The van der Waals surface area contributed by atoms with Crippen LogP contribution in [0, 0.1) is 5.82 Å². The lowest BCUT2D eigenvalue weighted by Crippen LogP contribution is -2.17. The van der Waals surface area contributed by atoms with E-state index in [1.807, 2.05) is 0 Å². The van der Waals surface area contributed by atoms with Crippen molar-refractivity contribution < 1.29 is 9.13 Å². The van der Waals surface area contributed by atoms with E-state index < -0.39 is 0 Å². The molecular formula is C9H9FO. The van der Waals surface area contributed by atoms with Crippen molar-refractivity contribution >= 4 is 0 Å². The summed E-state index contributed by atoms with van der Waals surface area (Å²) in [6, 6.07) is 6.49. The second-order valence-corrected chi connectivity index (χ2v) is 2.70. The summed E-state index contributed by atoms with van der Waals surface area (Å²) < 4.78 is 17.7. The summed E-state index contributed by atoms with van der Waals surface area (Å²) in [5, 5.41) is 0. The molecule has 1 saturated heterocycles. The summed E-state index contributed by atoms with van der Waals surface area (Å²) in [4.78, 5) is 0. The van der Waals surface area contributed by atoms with Crippen LogP contribution < -0.4 is 0 Å². The normalized spacial score (nSPS) is 22.8. The highest BCUT2D eigenvalue weighted by atomic mass is 19.1. The maximum atomic E-state index is 12.4. The van der Waals surface area contributed by atoms with Gasteiger partial charge in [-0.3, -0.25) is 0 Å². The zero-order valence-electron chi connectivity index (χ0n) is 6.09. The van der Waals surface area contributed by atoms with Crippen LogP contribution in [0.25, 0.3) is 0 Å². The molecule has 1 aliphatic heterocycles. The van der Waals surface area contributed by atoms with E-state index in [-0.39, 0.29) is 11.9 Å². The molecule has 11 heavy (non-hydrogen) atoms. The molecule has 0 spiro atoms. The molecule has 0 bridgehead atoms. The first-order chi connectivity index (χ1) is 5.36. The minimum absolute atomic E-state index is 0.187. The van der Waals surface area contributed by atoms with Crippen LogP contribution in [0.3, 0.4) is 0 Å². The molecule has 2 heteroatoms. The first-order valence-corrected chi connectivity index (χ1v) is 3.73. The van der Waals surface area contributed by atoms with Gasteiger partial charge in [0.25, 0.3) is 0 Å². The number of benzene rings is 1. The number of rotatable bonds is 1. The molecule has 1 fully saturated rings. The van der Waals surface area contributed by atoms with Crippen LogP contribution in [0.15, 0.2) is 24.3 Å². The van der Waals surface area contributed by atoms with Crippen LogP contribution in [0.2, 0.25) is 0 Å². The lowest BCUT2D eigenvalue weighted by atomic mass is 10.0. The van der Waals surface area contributed by atoms with Gasteiger partial charge in [0.05, 0.1) is 12.7 Å². The Morgan fingerprint density at radius 2 is 1.91 bits per heavy atom. The van der Waals surface area contributed by atoms with Crippen molar-refractivity contribution in [1.82, 2.24) is 0 Å². The minimum atomic E-state index is -0.187. The zero-order chi connectivity index (χ0) is 7.68. The van der Waals surface area contributed by atoms with Gasteiger partial charge in [0.15, 0.2) is 0 Å². The highest BCUT2D eigenvalue weighted by Crippen LogP contribution is 2.28. The highest BCUT2D eigenvalue weighted by Gasteiger charge is 2.19. The molecule has 0 aromatic heterocycles. The minimum Gasteiger partial charge on any atom is -0.373 e. The highest BCUT2D eigenvalue weighted by molar-refractivity contribution is 5.19. The smallest absolute Gasteiger partial charge is 0.123 e. The third-order valence-electron chi connectivity index (χ3n) is 1.94. The Morgan fingerprint density at radius 1 is 1.27 bits per heavy atom. The molecule has 1 aliphatic rings. The maximum Gasteiger partial charge on any atom is 0.123 e. The lowest BCUT2D eigenvalue weighted by Gasteiger charge is -2.26. The Hall–Kier alpha value is -0.890. The van der Waals surface area contributed by atoms with Crippen molar-refractivity contribution in [3.05, 3.63) is 35.6 Å². The van der Waals surface area contributed by atoms with Crippen molar-refractivity contribution in [1.29, 1.82) is 0 Å². The standard InChI is InChI=1S/C9H9FO/c10-8-3-1-7(2-4-8)9-5-6-11-9/h1-4,9H,5-6H2/t9-/m0/s1. The number of halogens is 1. The van der Waals surface area contributed by atoms with E-state index in [9.17, 15) is 4.39 Å². The Bertz CT molecular complexity index is 238. The van der Waals surface area contributed by atoms with Gasteiger partial charge in [0.1, 0.15) is 5.82 Å². The van der Waals surface area contributed by atoms with Gasteiger partial charge in [-0.15, -0.1) is 0 Å². The van der Waals surface area contributed by atoms with Crippen LogP contribution in [-0.2, 0) is 4.74 Å². The fourth-order valence-electron chi connectivity index (χ4n) is 1.18. The fourth-order valence-corrected chi connectivity index (χ4v) is 1.18. The number of hydrogen-bond donors (Lipinski definition) is 0. The summed E-state index contributed by atoms with van der Waals surface area (Å²) in [7, 11) is 0. The molecule has 1 aromatic rings. The van der Waals surface area contributed by atoms with Crippen molar-refractivity contribution in [3.8, 4) is 0 Å². The van der Waals surface area contributed by atoms with Crippen LogP contribution in [-0.4, -0.2) is 6.61 Å². The first kappa shape index (κ1) is 6.80. The van der Waals surface area contributed by atoms with E-state index in [4.69, 9.17) is 4.74 Å². The fraction of sp³-hybridized carbons (Fsp3) is 0.333. The Labute approximate surface area is 64.8 Å². The Morgan fingerprint density at radius 3 is 2.36 bits per heavy atom. The third kappa shape index (κ3) is 1.26. The molecule has 0 saturated carbocycles. The first-order valence-electron chi connectivity index (χ1n) is 3.73. The molecule has 1 aromatic carbocycles. The van der Waals surface area contributed by atoms with E-state index in [0.717, 1.165) is 18.6 Å². The Kier molecular flexibility index (Phi) is 1.62. The van der Waals surface area contributed by atoms with Crippen LogP contribution >= 0.6 is 0 Å². The largest absolute Gasteiger partial charge is 0.373 e. The molecule has 0 amide bonds. The Balaban J connectivity index is 2.18. The van der Waals surface area contributed by atoms with Crippen LogP contribution in [0.5, 0.6) is 0 Å². The van der Waals surface area contributed by atoms with E-state index in [0.29, 0.717) is 0 Å². The summed E-state index contributed by atoms with van der Waals surface area (Å²) >= 11 is 0. The maximum absolute atomic E-state index is 12.4. The number of hydrogen-bond acceptors (Lipinski definition) is 1. The van der Waals surface area contributed by atoms with Gasteiger partial charge in [-0.25, -0.2) is 4.39 Å². The molecule has 2 rings (SSSR count). The molecule has 1 heterocycles.